The third-order valence-corrected chi connectivity index (χ3v) is 5.72. The van der Waals surface area contributed by atoms with E-state index >= 15 is 0 Å². The van der Waals surface area contributed by atoms with Gasteiger partial charge in [-0.1, -0.05) is 18.2 Å². The molecule has 1 aliphatic heterocycles. The summed E-state index contributed by atoms with van der Waals surface area (Å²) in [5.74, 6) is 0. The number of likely N-dealkylation sites (tertiary alicyclic amines) is 1. The van der Waals surface area contributed by atoms with E-state index < -0.39 is 17.8 Å². The zero-order valence-electron chi connectivity index (χ0n) is 12.3. The van der Waals surface area contributed by atoms with Crippen molar-refractivity contribution in [3.05, 3.63) is 34.7 Å². The number of nitrogens with zero attached hydrogens (tertiary/aromatic N) is 1. The van der Waals surface area contributed by atoms with Crippen LogP contribution < -0.4 is 0 Å². The number of hydrogen-bond acceptors (Lipinski definition) is 4. The smallest absolute Gasteiger partial charge is 0.407 e. The molecule has 3 N–H and O–H groups in total. The summed E-state index contributed by atoms with van der Waals surface area (Å²) in [6.07, 6.45) is -0.917. The molecular formula is C16H19NO4S. The minimum Gasteiger partial charge on any atom is -0.465 e. The topological polar surface area (TPSA) is 81.0 Å². The minimum absolute atomic E-state index is 0.305. The quantitative estimate of drug-likeness (QED) is 0.794. The van der Waals surface area contributed by atoms with Crippen molar-refractivity contribution in [3.63, 3.8) is 0 Å². The Labute approximate surface area is 132 Å². The molecule has 0 bridgehead atoms. The third-order valence-electron chi connectivity index (χ3n) is 4.34. The standard InChI is InChI=1S/C16H19NO4S/c1-10(18)13-11-4-2-3-5-12(11)22-14(13)16(21)6-8-17(9-7-16)15(19)20/h2-5,10,18,21H,6-9H2,1H3,(H,19,20). The highest BCUT2D eigenvalue weighted by Crippen LogP contribution is 2.45. The number of aliphatic hydroxyl groups is 2. The molecule has 1 aliphatic rings. The highest BCUT2D eigenvalue weighted by molar-refractivity contribution is 7.19. The summed E-state index contributed by atoms with van der Waals surface area (Å²) in [6.45, 7) is 2.31. The van der Waals surface area contributed by atoms with Crippen molar-refractivity contribution < 1.29 is 20.1 Å². The van der Waals surface area contributed by atoms with Gasteiger partial charge in [-0.05, 0) is 31.2 Å². The highest BCUT2D eigenvalue weighted by atomic mass is 32.1. The molecule has 1 saturated heterocycles. The second-order valence-electron chi connectivity index (χ2n) is 5.82. The summed E-state index contributed by atoms with van der Waals surface area (Å²) in [7, 11) is 0. The van der Waals surface area contributed by atoms with Gasteiger partial charge in [0.15, 0.2) is 0 Å². The maximum absolute atomic E-state index is 11.1. The normalized spacial score (nSPS) is 19.3. The SMILES string of the molecule is CC(O)c1c(C2(O)CCN(C(=O)O)CC2)sc2ccccc12. The van der Waals surface area contributed by atoms with E-state index in [0.29, 0.717) is 25.9 Å². The fraction of sp³-hybridized carbons (Fsp3) is 0.438. The van der Waals surface area contributed by atoms with Gasteiger partial charge in [-0.15, -0.1) is 11.3 Å². The van der Waals surface area contributed by atoms with Crippen LogP contribution in [-0.2, 0) is 5.60 Å². The maximum atomic E-state index is 11.1. The van der Waals surface area contributed by atoms with E-state index in [-0.39, 0.29) is 0 Å². The molecule has 0 saturated carbocycles. The molecule has 5 nitrogen and oxygen atoms in total. The number of fused-ring (bicyclic) bond motifs is 1. The molecule has 0 aliphatic carbocycles. The number of carboxylic acid groups (broad SMARTS) is 1. The van der Waals surface area contributed by atoms with Gasteiger partial charge in [0.2, 0.25) is 0 Å². The van der Waals surface area contributed by atoms with E-state index in [9.17, 15) is 15.0 Å². The first-order valence-corrected chi connectivity index (χ1v) is 8.14. The summed E-state index contributed by atoms with van der Waals surface area (Å²) in [6, 6.07) is 7.78. The van der Waals surface area contributed by atoms with Crippen LogP contribution in [0.1, 0.15) is 36.3 Å². The molecule has 2 heterocycles. The summed E-state index contributed by atoms with van der Waals surface area (Å²) in [5, 5.41) is 31.2. The van der Waals surface area contributed by atoms with Crippen molar-refractivity contribution in [2.75, 3.05) is 13.1 Å². The molecule has 1 amide bonds. The van der Waals surface area contributed by atoms with Crippen LogP contribution in [0.15, 0.2) is 24.3 Å². The van der Waals surface area contributed by atoms with Gasteiger partial charge in [-0.2, -0.15) is 0 Å². The van der Waals surface area contributed by atoms with Gasteiger partial charge in [0, 0.05) is 28.2 Å². The summed E-state index contributed by atoms with van der Waals surface area (Å²) < 4.78 is 1.03. The van der Waals surface area contributed by atoms with E-state index in [1.54, 1.807) is 6.92 Å². The lowest BCUT2D eigenvalue weighted by molar-refractivity contribution is -0.0202. The second kappa shape index (κ2) is 5.53. The Bertz CT molecular complexity index is 701. The van der Waals surface area contributed by atoms with Gasteiger partial charge in [0.1, 0.15) is 5.60 Å². The van der Waals surface area contributed by atoms with Crippen molar-refractivity contribution in [1.82, 2.24) is 4.90 Å². The lowest BCUT2D eigenvalue weighted by Gasteiger charge is -2.37. The average molecular weight is 321 g/mol. The fourth-order valence-electron chi connectivity index (χ4n) is 3.12. The molecule has 6 heteroatoms. The van der Waals surface area contributed by atoms with Gasteiger partial charge in [0.25, 0.3) is 0 Å². The van der Waals surface area contributed by atoms with Crippen molar-refractivity contribution in [2.24, 2.45) is 0 Å². The molecule has 0 spiro atoms. The number of piperidine rings is 1. The Balaban J connectivity index is 2.03. The molecule has 1 aromatic carbocycles. The summed E-state index contributed by atoms with van der Waals surface area (Å²) >= 11 is 1.49. The molecule has 2 aromatic rings. The predicted octanol–water partition coefficient (Wildman–Crippen LogP) is 2.92. The number of rotatable bonds is 2. The zero-order chi connectivity index (χ0) is 15.9. The summed E-state index contributed by atoms with van der Waals surface area (Å²) in [5.41, 5.74) is -0.297. The fourth-order valence-corrected chi connectivity index (χ4v) is 4.56. The van der Waals surface area contributed by atoms with Crippen molar-refractivity contribution >= 4 is 27.5 Å². The first-order valence-electron chi connectivity index (χ1n) is 7.32. The Kier molecular flexibility index (Phi) is 3.84. The lowest BCUT2D eigenvalue weighted by atomic mass is 9.86. The van der Waals surface area contributed by atoms with E-state index in [1.807, 2.05) is 24.3 Å². The number of hydrogen-bond donors (Lipinski definition) is 3. The van der Waals surface area contributed by atoms with Crippen molar-refractivity contribution in [2.45, 2.75) is 31.5 Å². The average Bonchev–Trinajstić information content (AvgIpc) is 2.88. The lowest BCUT2D eigenvalue weighted by Crippen LogP contribution is -2.44. The second-order valence-corrected chi connectivity index (χ2v) is 6.87. The molecule has 22 heavy (non-hydrogen) atoms. The monoisotopic (exact) mass is 321 g/mol. The number of thiophene rings is 1. The molecular weight excluding hydrogens is 302 g/mol. The number of benzene rings is 1. The predicted molar refractivity (Wildman–Crippen MR) is 85.2 cm³/mol. The minimum atomic E-state index is -1.07. The Morgan fingerprint density at radius 3 is 2.55 bits per heavy atom. The maximum Gasteiger partial charge on any atom is 0.407 e. The van der Waals surface area contributed by atoms with Crippen LogP contribution >= 0.6 is 11.3 Å². The van der Waals surface area contributed by atoms with E-state index in [2.05, 4.69) is 0 Å². The summed E-state index contributed by atoms with van der Waals surface area (Å²) in [4.78, 5) is 13.1. The highest BCUT2D eigenvalue weighted by Gasteiger charge is 2.39. The molecule has 3 rings (SSSR count). The van der Waals surface area contributed by atoms with E-state index in [1.165, 1.54) is 16.2 Å². The van der Waals surface area contributed by atoms with Crippen LogP contribution in [-0.4, -0.2) is 39.4 Å². The van der Waals surface area contributed by atoms with Gasteiger partial charge in [-0.3, -0.25) is 0 Å². The van der Waals surface area contributed by atoms with Crippen LogP contribution in [0.5, 0.6) is 0 Å². The van der Waals surface area contributed by atoms with Gasteiger partial charge < -0.3 is 20.2 Å². The molecule has 118 valence electrons. The van der Waals surface area contributed by atoms with Gasteiger partial charge >= 0.3 is 6.09 Å². The first kappa shape index (κ1) is 15.3. The van der Waals surface area contributed by atoms with Gasteiger partial charge in [-0.25, -0.2) is 4.79 Å². The third kappa shape index (κ3) is 2.47. The number of carbonyl (C=O) groups is 1. The first-order chi connectivity index (χ1) is 10.4. The van der Waals surface area contributed by atoms with E-state index in [0.717, 1.165) is 20.5 Å². The van der Waals surface area contributed by atoms with Gasteiger partial charge in [0.05, 0.1) is 6.10 Å². The molecule has 1 fully saturated rings. The zero-order valence-corrected chi connectivity index (χ0v) is 13.1. The molecule has 1 unspecified atom stereocenters. The van der Waals surface area contributed by atoms with Crippen LogP contribution in [0.4, 0.5) is 4.79 Å². The van der Waals surface area contributed by atoms with Crippen molar-refractivity contribution in [1.29, 1.82) is 0 Å². The van der Waals surface area contributed by atoms with E-state index in [4.69, 9.17) is 5.11 Å². The van der Waals surface area contributed by atoms with Crippen LogP contribution in [0.3, 0.4) is 0 Å². The molecule has 0 radical (unpaired) electrons. The Hall–Kier alpha value is -1.63. The Morgan fingerprint density at radius 2 is 1.95 bits per heavy atom. The van der Waals surface area contributed by atoms with Crippen molar-refractivity contribution in [3.8, 4) is 0 Å². The molecule has 1 aromatic heterocycles. The van der Waals surface area contributed by atoms with Crippen LogP contribution in [0.25, 0.3) is 10.1 Å². The van der Waals surface area contributed by atoms with Crippen LogP contribution in [0.2, 0.25) is 0 Å². The van der Waals surface area contributed by atoms with Crippen LogP contribution in [0, 0.1) is 0 Å². The Morgan fingerprint density at radius 1 is 1.32 bits per heavy atom. The largest absolute Gasteiger partial charge is 0.465 e. The number of amides is 1. The number of aliphatic hydroxyl groups excluding tert-OH is 1. The molecule has 1 atom stereocenters.